The van der Waals surface area contributed by atoms with Crippen molar-refractivity contribution in [2.24, 2.45) is 13.0 Å². The molecule has 0 spiro atoms. The second-order valence-corrected chi connectivity index (χ2v) is 11.1. The standard InChI is InChI=1S/C31H32N6O3/c1-19-28(36(3)35-34-19)22-15-26-27(32-17-22)24-10-9-23(31(2)18-33-30(38)40-31)16-25(24)37(26)29(20-7-5-4-6-8-20)21-11-13-39-14-12-21/h4-10,15-17,21,29H,11-14,18H2,1-3H3,(H,33,38)/t29?,31-/m1/s1. The van der Waals surface area contributed by atoms with Gasteiger partial charge in [0.1, 0.15) is 0 Å². The Labute approximate surface area is 232 Å². The number of carbonyl (C=O) groups is 1. The molecular formula is C31H32N6O3. The molecule has 2 fully saturated rings. The molecule has 5 aromatic rings. The SMILES string of the molecule is Cc1nnn(C)c1-c1cnc2c3ccc([C@@]4(C)CNC(=O)O4)cc3n(C(c3ccccc3)C3CCOCC3)c2c1. The van der Waals surface area contributed by atoms with Crippen molar-refractivity contribution in [3.63, 3.8) is 0 Å². The van der Waals surface area contributed by atoms with Gasteiger partial charge < -0.3 is 19.4 Å². The average molecular weight is 537 g/mol. The third-order valence-corrected chi connectivity index (χ3v) is 8.54. The molecule has 0 radical (unpaired) electrons. The summed E-state index contributed by atoms with van der Waals surface area (Å²) in [6.45, 7) is 5.86. The fourth-order valence-corrected chi connectivity index (χ4v) is 6.51. The van der Waals surface area contributed by atoms with Gasteiger partial charge >= 0.3 is 6.09 Å². The summed E-state index contributed by atoms with van der Waals surface area (Å²) < 4.78 is 15.8. The van der Waals surface area contributed by atoms with Gasteiger partial charge in [-0.05, 0) is 55.9 Å². The first-order chi connectivity index (χ1) is 19.4. The highest BCUT2D eigenvalue weighted by Crippen LogP contribution is 2.42. The van der Waals surface area contributed by atoms with Crippen molar-refractivity contribution in [3.05, 3.63) is 77.6 Å². The number of ether oxygens (including phenoxy) is 2. The number of fused-ring (bicyclic) bond motifs is 3. The van der Waals surface area contributed by atoms with Gasteiger partial charge in [0.05, 0.1) is 40.5 Å². The summed E-state index contributed by atoms with van der Waals surface area (Å²) in [5.74, 6) is 0.379. The number of aromatic nitrogens is 5. The van der Waals surface area contributed by atoms with Crippen LogP contribution in [0.5, 0.6) is 0 Å². The zero-order chi connectivity index (χ0) is 27.4. The van der Waals surface area contributed by atoms with E-state index in [-0.39, 0.29) is 12.1 Å². The van der Waals surface area contributed by atoms with E-state index in [9.17, 15) is 4.79 Å². The Bertz CT molecular complexity index is 1720. The Morgan fingerprint density at radius 2 is 1.88 bits per heavy atom. The van der Waals surface area contributed by atoms with E-state index in [1.807, 2.05) is 27.1 Å². The van der Waals surface area contributed by atoms with Gasteiger partial charge in [0.2, 0.25) is 0 Å². The number of amides is 1. The van der Waals surface area contributed by atoms with Crippen LogP contribution in [0.1, 0.15) is 42.6 Å². The lowest BCUT2D eigenvalue weighted by molar-refractivity contribution is 0.0552. The van der Waals surface area contributed by atoms with E-state index in [1.54, 1.807) is 4.68 Å². The molecule has 0 bridgehead atoms. The summed E-state index contributed by atoms with van der Waals surface area (Å²) in [5.41, 5.74) is 7.31. The van der Waals surface area contributed by atoms with E-state index in [2.05, 4.69) is 74.8 Å². The van der Waals surface area contributed by atoms with Crippen LogP contribution in [0.15, 0.2) is 60.8 Å². The predicted molar refractivity (Wildman–Crippen MR) is 152 cm³/mol. The van der Waals surface area contributed by atoms with Crippen molar-refractivity contribution in [1.82, 2.24) is 29.9 Å². The molecular weight excluding hydrogens is 504 g/mol. The molecule has 2 aromatic carbocycles. The number of hydrogen-bond donors (Lipinski definition) is 1. The fraction of sp³-hybridized carbons (Fsp3) is 0.355. The smallest absolute Gasteiger partial charge is 0.408 e. The van der Waals surface area contributed by atoms with Crippen molar-refractivity contribution >= 4 is 28.0 Å². The molecule has 2 aliphatic heterocycles. The molecule has 9 heteroatoms. The van der Waals surface area contributed by atoms with E-state index >= 15 is 0 Å². The van der Waals surface area contributed by atoms with Crippen molar-refractivity contribution in [2.75, 3.05) is 19.8 Å². The first-order valence-electron chi connectivity index (χ1n) is 13.8. The lowest BCUT2D eigenvalue weighted by Gasteiger charge is -2.33. The fourth-order valence-electron chi connectivity index (χ4n) is 6.51. The summed E-state index contributed by atoms with van der Waals surface area (Å²) >= 11 is 0. The summed E-state index contributed by atoms with van der Waals surface area (Å²) in [6.07, 6.45) is 3.47. The Balaban J connectivity index is 1.53. The third kappa shape index (κ3) is 3.95. The summed E-state index contributed by atoms with van der Waals surface area (Å²) in [6, 6.07) is 19.4. The maximum Gasteiger partial charge on any atom is 0.408 e. The van der Waals surface area contributed by atoms with Gasteiger partial charge in [0.25, 0.3) is 0 Å². The van der Waals surface area contributed by atoms with Crippen LogP contribution in [0.4, 0.5) is 4.79 Å². The number of cyclic esters (lactones) is 1. The number of benzene rings is 2. The number of nitrogens with one attached hydrogen (secondary N) is 1. The minimum atomic E-state index is -0.746. The monoisotopic (exact) mass is 536 g/mol. The predicted octanol–water partition coefficient (Wildman–Crippen LogP) is 5.26. The summed E-state index contributed by atoms with van der Waals surface area (Å²) in [4.78, 5) is 17.1. The van der Waals surface area contributed by atoms with Crippen molar-refractivity contribution in [2.45, 2.75) is 38.3 Å². The van der Waals surface area contributed by atoms with Gasteiger partial charge in [0.15, 0.2) is 5.60 Å². The van der Waals surface area contributed by atoms with Crippen LogP contribution >= 0.6 is 0 Å². The van der Waals surface area contributed by atoms with Crippen LogP contribution in [0.2, 0.25) is 0 Å². The van der Waals surface area contributed by atoms with Crippen LogP contribution in [0.3, 0.4) is 0 Å². The Hall–Kier alpha value is -4.24. The third-order valence-electron chi connectivity index (χ3n) is 8.54. The molecule has 3 aromatic heterocycles. The normalized spacial score (nSPS) is 20.6. The number of alkyl carbamates (subject to hydrolysis) is 1. The van der Waals surface area contributed by atoms with Crippen molar-refractivity contribution < 1.29 is 14.3 Å². The lowest BCUT2D eigenvalue weighted by Crippen LogP contribution is -2.27. The minimum Gasteiger partial charge on any atom is -0.436 e. The summed E-state index contributed by atoms with van der Waals surface area (Å²) in [7, 11) is 1.91. The van der Waals surface area contributed by atoms with Crippen LogP contribution in [-0.2, 0) is 22.1 Å². The van der Waals surface area contributed by atoms with Crippen LogP contribution in [0, 0.1) is 12.8 Å². The second kappa shape index (κ2) is 9.45. The molecule has 0 aliphatic carbocycles. The molecule has 2 saturated heterocycles. The topological polar surface area (TPSA) is 96.1 Å². The molecule has 2 atom stereocenters. The van der Waals surface area contributed by atoms with Crippen LogP contribution in [-0.4, -0.2) is 50.4 Å². The van der Waals surface area contributed by atoms with Gasteiger partial charge in [0, 0.05) is 37.4 Å². The van der Waals surface area contributed by atoms with Gasteiger partial charge in [-0.2, -0.15) is 0 Å². The molecule has 1 N–H and O–H groups in total. The van der Waals surface area contributed by atoms with Gasteiger partial charge in [-0.3, -0.25) is 4.98 Å². The van der Waals surface area contributed by atoms with Gasteiger partial charge in [-0.25, -0.2) is 9.48 Å². The molecule has 1 unspecified atom stereocenters. The molecule has 2 aliphatic rings. The maximum atomic E-state index is 12.0. The van der Waals surface area contributed by atoms with E-state index < -0.39 is 5.60 Å². The van der Waals surface area contributed by atoms with Crippen molar-refractivity contribution in [1.29, 1.82) is 0 Å². The van der Waals surface area contributed by atoms with Crippen molar-refractivity contribution in [3.8, 4) is 11.3 Å². The number of rotatable bonds is 5. The number of aryl methyl sites for hydroxylation is 2. The molecule has 40 heavy (non-hydrogen) atoms. The molecule has 5 heterocycles. The highest BCUT2D eigenvalue weighted by atomic mass is 16.6. The van der Waals surface area contributed by atoms with Crippen LogP contribution in [0.25, 0.3) is 33.2 Å². The van der Waals surface area contributed by atoms with E-state index in [0.29, 0.717) is 12.5 Å². The molecule has 204 valence electrons. The average Bonchev–Trinajstić information content (AvgIpc) is 3.62. The quantitative estimate of drug-likeness (QED) is 0.329. The Kier molecular flexibility index (Phi) is 5.85. The minimum absolute atomic E-state index is 0.0696. The molecule has 7 rings (SSSR count). The number of nitrogens with zero attached hydrogens (tertiary/aromatic N) is 5. The first kappa shape index (κ1) is 24.8. The number of hydrogen-bond acceptors (Lipinski definition) is 6. The largest absolute Gasteiger partial charge is 0.436 e. The van der Waals surface area contributed by atoms with E-state index in [0.717, 1.165) is 70.5 Å². The van der Waals surface area contributed by atoms with Crippen LogP contribution < -0.4 is 5.32 Å². The highest BCUT2D eigenvalue weighted by Gasteiger charge is 2.38. The van der Waals surface area contributed by atoms with Gasteiger partial charge in [-0.15, -0.1) is 5.10 Å². The first-order valence-corrected chi connectivity index (χ1v) is 13.8. The van der Waals surface area contributed by atoms with E-state index in [4.69, 9.17) is 14.5 Å². The Morgan fingerprint density at radius 3 is 2.58 bits per heavy atom. The highest BCUT2D eigenvalue weighted by molar-refractivity contribution is 6.07. The summed E-state index contributed by atoms with van der Waals surface area (Å²) in [5, 5.41) is 12.4. The Morgan fingerprint density at radius 1 is 1.07 bits per heavy atom. The van der Waals surface area contributed by atoms with Gasteiger partial charge in [-0.1, -0.05) is 47.7 Å². The molecule has 0 saturated carbocycles. The maximum absolute atomic E-state index is 12.0. The molecule has 1 amide bonds. The lowest BCUT2D eigenvalue weighted by atomic mass is 9.86. The molecule has 9 nitrogen and oxygen atoms in total. The number of carbonyl (C=O) groups excluding carboxylic acids is 1. The second-order valence-electron chi connectivity index (χ2n) is 11.1. The van der Waals surface area contributed by atoms with E-state index in [1.165, 1.54) is 5.56 Å². The number of pyridine rings is 1. The zero-order valence-electron chi connectivity index (χ0n) is 22.9. The zero-order valence-corrected chi connectivity index (χ0v) is 22.9.